The first-order valence-electron chi connectivity index (χ1n) is 7.55. The molecule has 22 heavy (non-hydrogen) atoms. The summed E-state index contributed by atoms with van der Waals surface area (Å²) in [6.07, 6.45) is 0.963. The molecule has 1 aromatic rings. The van der Waals surface area contributed by atoms with E-state index in [2.05, 4.69) is 27.8 Å². The molecule has 1 N–H and O–H groups in total. The van der Waals surface area contributed by atoms with Crippen molar-refractivity contribution in [3.8, 4) is 0 Å². The fraction of sp³-hybridized carbons (Fsp3) is 0.625. The number of aliphatic imine (C=N–C) groups is 1. The van der Waals surface area contributed by atoms with Gasteiger partial charge in [-0.3, -0.25) is 4.79 Å². The average molecular weight is 325 g/mol. The number of thiophene rings is 1. The quantitative estimate of drug-likeness (QED) is 0.496. The Kier molecular flexibility index (Phi) is 7.38. The van der Waals surface area contributed by atoms with E-state index in [4.69, 9.17) is 4.74 Å². The lowest BCUT2D eigenvalue weighted by atomic mass is 10.2. The van der Waals surface area contributed by atoms with Crippen LogP contribution in [0.4, 0.5) is 0 Å². The summed E-state index contributed by atoms with van der Waals surface area (Å²) in [5.74, 6) is 0.416. The van der Waals surface area contributed by atoms with Gasteiger partial charge in [0.05, 0.1) is 0 Å². The van der Waals surface area contributed by atoms with Crippen LogP contribution in [0.25, 0.3) is 0 Å². The summed E-state index contributed by atoms with van der Waals surface area (Å²) in [7, 11) is 1.98. The number of guanidine groups is 1. The molecule has 1 heterocycles. The van der Waals surface area contributed by atoms with Gasteiger partial charge in [-0.2, -0.15) is 0 Å². The fourth-order valence-electron chi connectivity index (χ4n) is 1.82. The molecule has 6 heteroatoms. The number of likely N-dealkylation sites (N-methyl/N-ethyl adjacent to an activating group) is 1. The maximum absolute atomic E-state index is 11.8. The average Bonchev–Trinajstić information content (AvgIpc) is 2.92. The molecule has 0 aliphatic heterocycles. The van der Waals surface area contributed by atoms with Crippen LogP contribution < -0.4 is 5.32 Å². The van der Waals surface area contributed by atoms with Crippen molar-refractivity contribution >= 4 is 23.3 Å². The Morgan fingerprint density at radius 1 is 1.45 bits per heavy atom. The predicted octanol–water partition coefficient (Wildman–Crippen LogP) is 2.53. The van der Waals surface area contributed by atoms with E-state index in [1.807, 2.05) is 39.6 Å². The van der Waals surface area contributed by atoms with Crippen molar-refractivity contribution in [3.05, 3.63) is 22.4 Å². The van der Waals surface area contributed by atoms with Gasteiger partial charge in [-0.1, -0.05) is 6.07 Å². The minimum absolute atomic E-state index is 0.0307. The van der Waals surface area contributed by atoms with Gasteiger partial charge in [-0.25, -0.2) is 4.99 Å². The first kappa shape index (κ1) is 18.5. The van der Waals surface area contributed by atoms with Crippen molar-refractivity contribution in [1.29, 1.82) is 0 Å². The van der Waals surface area contributed by atoms with Crippen LogP contribution in [-0.2, 0) is 16.0 Å². The lowest BCUT2D eigenvalue weighted by Crippen LogP contribution is -2.40. The summed E-state index contributed by atoms with van der Waals surface area (Å²) < 4.78 is 5.27. The number of hydrogen-bond acceptors (Lipinski definition) is 4. The number of ether oxygens (including phenoxy) is 1. The predicted molar refractivity (Wildman–Crippen MR) is 92.5 cm³/mol. The van der Waals surface area contributed by atoms with Crippen molar-refractivity contribution < 1.29 is 9.53 Å². The number of esters is 1. The maximum atomic E-state index is 11.8. The van der Waals surface area contributed by atoms with Crippen LogP contribution in [0.1, 0.15) is 32.6 Å². The van der Waals surface area contributed by atoms with E-state index in [-0.39, 0.29) is 12.5 Å². The molecule has 0 spiro atoms. The Morgan fingerprint density at radius 2 is 2.18 bits per heavy atom. The smallest absolute Gasteiger partial charge is 0.328 e. The van der Waals surface area contributed by atoms with Crippen LogP contribution in [0.2, 0.25) is 0 Å². The molecule has 0 saturated heterocycles. The molecule has 1 aromatic heterocycles. The monoisotopic (exact) mass is 325 g/mol. The molecule has 0 aromatic carbocycles. The van der Waals surface area contributed by atoms with E-state index < -0.39 is 5.60 Å². The molecule has 0 aliphatic rings. The van der Waals surface area contributed by atoms with Crippen molar-refractivity contribution in [2.24, 2.45) is 4.99 Å². The standard InChI is InChI=1S/C16H27N3O2S/c1-6-17-15(18-12-14(20)21-16(2,3)4)19(5)10-9-13-8-7-11-22-13/h7-8,11H,6,9-10,12H2,1-5H3,(H,17,18). The summed E-state index contributed by atoms with van der Waals surface area (Å²) >= 11 is 1.75. The number of hydrogen-bond donors (Lipinski definition) is 1. The number of rotatable bonds is 6. The molecule has 0 radical (unpaired) electrons. The first-order valence-corrected chi connectivity index (χ1v) is 8.43. The van der Waals surface area contributed by atoms with E-state index in [9.17, 15) is 4.79 Å². The van der Waals surface area contributed by atoms with Crippen LogP contribution >= 0.6 is 11.3 Å². The molecular formula is C16H27N3O2S. The van der Waals surface area contributed by atoms with Crippen LogP contribution in [-0.4, -0.2) is 49.1 Å². The van der Waals surface area contributed by atoms with Crippen molar-refractivity contribution in [2.45, 2.75) is 39.7 Å². The summed E-state index contributed by atoms with van der Waals surface area (Å²) in [6.45, 7) is 9.21. The molecule has 1 rings (SSSR count). The zero-order chi connectivity index (χ0) is 16.6. The topological polar surface area (TPSA) is 53.9 Å². The highest BCUT2D eigenvalue weighted by Crippen LogP contribution is 2.09. The number of nitrogens with zero attached hydrogens (tertiary/aromatic N) is 2. The van der Waals surface area contributed by atoms with E-state index >= 15 is 0 Å². The maximum Gasteiger partial charge on any atom is 0.328 e. The van der Waals surface area contributed by atoms with Gasteiger partial charge in [0, 0.05) is 25.0 Å². The SMILES string of the molecule is CCNC(=NCC(=O)OC(C)(C)C)N(C)CCc1cccs1. The summed E-state index contributed by atoms with van der Waals surface area (Å²) in [6, 6.07) is 4.19. The molecule has 0 unspecified atom stereocenters. The highest BCUT2D eigenvalue weighted by Gasteiger charge is 2.16. The molecule has 124 valence electrons. The van der Waals surface area contributed by atoms with Gasteiger partial charge < -0.3 is 15.0 Å². The Hall–Kier alpha value is -1.56. The van der Waals surface area contributed by atoms with Gasteiger partial charge in [-0.15, -0.1) is 11.3 Å². The summed E-state index contributed by atoms with van der Waals surface area (Å²) in [5, 5.41) is 5.28. The lowest BCUT2D eigenvalue weighted by molar-refractivity contribution is -0.152. The molecule has 5 nitrogen and oxygen atoms in total. The van der Waals surface area contributed by atoms with Gasteiger partial charge in [0.25, 0.3) is 0 Å². The summed E-state index contributed by atoms with van der Waals surface area (Å²) in [4.78, 5) is 19.5. The van der Waals surface area contributed by atoms with Crippen LogP contribution in [0.5, 0.6) is 0 Å². The normalized spacial score (nSPS) is 12.1. The third kappa shape index (κ3) is 7.45. The minimum atomic E-state index is -0.476. The first-order chi connectivity index (χ1) is 10.3. The van der Waals surface area contributed by atoms with Gasteiger partial charge in [-0.05, 0) is 45.6 Å². The Morgan fingerprint density at radius 3 is 2.73 bits per heavy atom. The fourth-order valence-corrected chi connectivity index (χ4v) is 2.52. The van der Waals surface area contributed by atoms with Crippen LogP contribution in [0.15, 0.2) is 22.5 Å². The molecule has 0 bridgehead atoms. The van der Waals surface area contributed by atoms with E-state index in [0.29, 0.717) is 0 Å². The van der Waals surface area contributed by atoms with Crippen molar-refractivity contribution in [2.75, 3.05) is 26.7 Å². The zero-order valence-corrected chi connectivity index (χ0v) is 15.0. The van der Waals surface area contributed by atoms with Crippen LogP contribution in [0.3, 0.4) is 0 Å². The number of nitrogens with one attached hydrogen (secondary N) is 1. The third-order valence-corrected chi connectivity index (χ3v) is 3.68. The zero-order valence-electron chi connectivity index (χ0n) is 14.2. The highest BCUT2D eigenvalue weighted by atomic mass is 32.1. The van der Waals surface area contributed by atoms with Crippen molar-refractivity contribution in [1.82, 2.24) is 10.2 Å². The Bertz CT molecular complexity index is 478. The second-order valence-electron chi connectivity index (χ2n) is 6.01. The van der Waals surface area contributed by atoms with E-state index in [1.165, 1.54) is 4.88 Å². The second kappa shape index (κ2) is 8.78. The molecule has 0 amide bonds. The molecule has 0 saturated carbocycles. The number of carbonyl (C=O) groups is 1. The van der Waals surface area contributed by atoms with E-state index in [0.717, 1.165) is 25.5 Å². The molecule has 0 fully saturated rings. The molecular weight excluding hydrogens is 298 g/mol. The lowest BCUT2D eigenvalue weighted by Gasteiger charge is -2.22. The Balaban J connectivity index is 2.54. The number of carbonyl (C=O) groups excluding carboxylic acids is 1. The highest BCUT2D eigenvalue weighted by molar-refractivity contribution is 7.09. The van der Waals surface area contributed by atoms with Gasteiger partial charge in [0.1, 0.15) is 12.1 Å². The van der Waals surface area contributed by atoms with Crippen LogP contribution in [0, 0.1) is 0 Å². The minimum Gasteiger partial charge on any atom is -0.459 e. The van der Waals surface area contributed by atoms with Gasteiger partial charge >= 0.3 is 5.97 Å². The molecule has 0 aliphatic carbocycles. The largest absolute Gasteiger partial charge is 0.459 e. The van der Waals surface area contributed by atoms with Gasteiger partial charge in [0.2, 0.25) is 0 Å². The molecule has 0 atom stereocenters. The second-order valence-corrected chi connectivity index (χ2v) is 7.04. The third-order valence-electron chi connectivity index (χ3n) is 2.75. The van der Waals surface area contributed by atoms with Crippen molar-refractivity contribution in [3.63, 3.8) is 0 Å². The van der Waals surface area contributed by atoms with Gasteiger partial charge in [0.15, 0.2) is 5.96 Å². The van der Waals surface area contributed by atoms with E-state index in [1.54, 1.807) is 11.3 Å². The Labute approximate surface area is 137 Å². The summed E-state index contributed by atoms with van der Waals surface area (Å²) in [5.41, 5.74) is -0.476.